The number of aliphatic hydroxyl groups is 3. The largest absolute Gasteiger partial charge is 0.391 e. The van der Waals surface area contributed by atoms with Crippen LogP contribution in [0.25, 0.3) is 0 Å². The molecule has 16 heavy (non-hydrogen) atoms. The second kappa shape index (κ2) is 7.22. The van der Waals surface area contributed by atoms with Crippen LogP contribution in [-0.4, -0.2) is 40.4 Å². The lowest BCUT2D eigenvalue weighted by Crippen LogP contribution is -2.43. The minimum absolute atomic E-state index is 0.123. The average molecular weight is 234 g/mol. The zero-order valence-electron chi connectivity index (χ0n) is 10.8. The molecule has 0 rings (SSSR count). The van der Waals surface area contributed by atoms with Crippen molar-refractivity contribution in [3.8, 4) is 0 Å². The average Bonchev–Trinajstić information content (AvgIpc) is 2.13. The molecule has 0 spiro atoms. The second-order valence-electron chi connectivity index (χ2n) is 5.11. The van der Waals surface area contributed by atoms with Crippen LogP contribution in [0.3, 0.4) is 0 Å². The fraction of sp³-hybridized carbons (Fsp3) is 1.00. The fourth-order valence-electron chi connectivity index (χ4n) is 1.73. The molecular formula is C12H26O4. The third kappa shape index (κ3) is 5.80. The Kier molecular flexibility index (Phi) is 7.15. The monoisotopic (exact) mass is 234 g/mol. The maximum Gasteiger partial charge on any atom is 0.178 e. The first kappa shape index (κ1) is 15.8. The summed E-state index contributed by atoms with van der Waals surface area (Å²) in [6, 6.07) is 0. The third-order valence-corrected chi connectivity index (χ3v) is 2.73. The lowest BCUT2D eigenvalue weighted by atomic mass is 9.81. The molecule has 3 N–H and O–H groups in total. The van der Waals surface area contributed by atoms with Gasteiger partial charge in [0.15, 0.2) is 6.29 Å². The highest BCUT2D eigenvalue weighted by Crippen LogP contribution is 2.31. The van der Waals surface area contributed by atoms with E-state index < -0.39 is 18.5 Å². The molecule has 4 nitrogen and oxygen atoms in total. The van der Waals surface area contributed by atoms with E-state index >= 15 is 0 Å². The van der Waals surface area contributed by atoms with Crippen LogP contribution in [0.15, 0.2) is 0 Å². The van der Waals surface area contributed by atoms with E-state index in [1.54, 1.807) is 6.92 Å². The quantitative estimate of drug-likeness (QED) is 0.553. The Hall–Kier alpha value is -0.160. The molecule has 1 unspecified atom stereocenters. The summed E-state index contributed by atoms with van der Waals surface area (Å²) in [5.41, 5.74) is -0.306. The van der Waals surface area contributed by atoms with Crippen LogP contribution in [-0.2, 0) is 4.74 Å². The maximum absolute atomic E-state index is 9.31. The molecule has 0 bridgehead atoms. The van der Waals surface area contributed by atoms with E-state index in [0.717, 1.165) is 19.3 Å². The van der Waals surface area contributed by atoms with Gasteiger partial charge >= 0.3 is 0 Å². The van der Waals surface area contributed by atoms with Crippen molar-refractivity contribution in [3.63, 3.8) is 0 Å². The van der Waals surface area contributed by atoms with Crippen molar-refractivity contribution >= 4 is 0 Å². The number of rotatable bonds is 8. The van der Waals surface area contributed by atoms with E-state index in [1.165, 1.54) is 0 Å². The molecule has 0 heterocycles. The second-order valence-corrected chi connectivity index (χ2v) is 5.11. The van der Waals surface area contributed by atoms with Gasteiger partial charge in [-0.3, -0.25) is 0 Å². The Morgan fingerprint density at radius 1 is 1.19 bits per heavy atom. The zero-order valence-corrected chi connectivity index (χ0v) is 10.8. The van der Waals surface area contributed by atoms with Gasteiger partial charge in [0.2, 0.25) is 0 Å². The Labute approximate surface area is 98.2 Å². The summed E-state index contributed by atoms with van der Waals surface area (Å²) < 4.78 is 5.38. The highest BCUT2D eigenvalue weighted by Gasteiger charge is 2.34. The van der Waals surface area contributed by atoms with Crippen LogP contribution >= 0.6 is 0 Å². The van der Waals surface area contributed by atoms with Gasteiger partial charge < -0.3 is 20.1 Å². The van der Waals surface area contributed by atoms with Gasteiger partial charge in [-0.25, -0.2) is 0 Å². The highest BCUT2D eigenvalue weighted by atomic mass is 16.6. The Balaban J connectivity index is 4.37. The third-order valence-electron chi connectivity index (χ3n) is 2.73. The van der Waals surface area contributed by atoms with E-state index in [2.05, 4.69) is 6.92 Å². The van der Waals surface area contributed by atoms with Gasteiger partial charge in [0, 0.05) is 0 Å². The summed E-state index contributed by atoms with van der Waals surface area (Å²) in [7, 11) is 0. The summed E-state index contributed by atoms with van der Waals surface area (Å²) >= 11 is 0. The predicted octanol–water partition coefficient (Wildman–Crippen LogP) is 1.28. The highest BCUT2D eigenvalue weighted by molar-refractivity contribution is 4.81. The molecule has 0 fully saturated rings. The summed E-state index contributed by atoms with van der Waals surface area (Å²) in [5.74, 6) is 0. The van der Waals surface area contributed by atoms with Crippen LogP contribution < -0.4 is 0 Å². The van der Waals surface area contributed by atoms with Crippen LogP contribution in [0.5, 0.6) is 0 Å². The van der Waals surface area contributed by atoms with Crippen molar-refractivity contribution in [2.75, 3.05) is 6.61 Å². The number of aliphatic hydroxyl groups excluding tert-OH is 2. The van der Waals surface area contributed by atoms with Crippen LogP contribution in [0.2, 0.25) is 0 Å². The van der Waals surface area contributed by atoms with Crippen LogP contribution in [0.1, 0.15) is 47.0 Å². The van der Waals surface area contributed by atoms with E-state index in [9.17, 15) is 10.2 Å². The number of hydrogen-bond donors (Lipinski definition) is 3. The molecule has 0 aromatic rings. The van der Waals surface area contributed by atoms with Crippen molar-refractivity contribution in [3.05, 3.63) is 0 Å². The van der Waals surface area contributed by atoms with Crippen LogP contribution in [0.4, 0.5) is 0 Å². The van der Waals surface area contributed by atoms with Crippen molar-refractivity contribution in [1.82, 2.24) is 0 Å². The standard InChI is InChI=1S/C12H26O4/c1-5-6-7-12(3,4)10(11(14)15)16-8-9(2)13/h9-11,13-15H,5-8H2,1-4H3/t9-,10?/m0/s1. The van der Waals surface area contributed by atoms with E-state index in [0.29, 0.717) is 0 Å². The minimum Gasteiger partial charge on any atom is -0.391 e. The van der Waals surface area contributed by atoms with Gasteiger partial charge in [-0.15, -0.1) is 0 Å². The van der Waals surface area contributed by atoms with Gasteiger partial charge in [0.25, 0.3) is 0 Å². The molecular weight excluding hydrogens is 208 g/mol. The summed E-state index contributed by atoms with van der Waals surface area (Å²) in [5, 5.41) is 27.8. The van der Waals surface area contributed by atoms with Crippen molar-refractivity contribution < 1.29 is 20.1 Å². The summed E-state index contributed by atoms with van der Waals surface area (Å²) in [6.07, 6.45) is 0.191. The molecule has 4 heteroatoms. The first-order chi connectivity index (χ1) is 7.31. The Morgan fingerprint density at radius 3 is 2.12 bits per heavy atom. The molecule has 0 aliphatic heterocycles. The Morgan fingerprint density at radius 2 is 1.75 bits per heavy atom. The summed E-state index contributed by atoms with van der Waals surface area (Å²) in [4.78, 5) is 0. The number of unbranched alkanes of at least 4 members (excludes halogenated alkanes) is 1. The molecule has 0 aliphatic carbocycles. The number of hydrogen-bond acceptors (Lipinski definition) is 4. The zero-order chi connectivity index (χ0) is 12.8. The molecule has 0 saturated heterocycles. The smallest absolute Gasteiger partial charge is 0.178 e. The van der Waals surface area contributed by atoms with Crippen molar-refractivity contribution in [2.45, 2.75) is 65.5 Å². The van der Waals surface area contributed by atoms with Crippen molar-refractivity contribution in [2.24, 2.45) is 5.41 Å². The van der Waals surface area contributed by atoms with E-state index in [-0.39, 0.29) is 12.0 Å². The normalized spacial score (nSPS) is 16.5. The predicted molar refractivity (Wildman–Crippen MR) is 63.0 cm³/mol. The maximum atomic E-state index is 9.31. The van der Waals surface area contributed by atoms with Crippen molar-refractivity contribution in [1.29, 1.82) is 0 Å². The first-order valence-corrected chi connectivity index (χ1v) is 5.97. The molecule has 0 aliphatic rings. The minimum atomic E-state index is -1.51. The van der Waals surface area contributed by atoms with E-state index in [1.807, 2.05) is 13.8 Å². The fourth-order valence-corrected chi connectivity index (χ4v) is 1.73. The van der Waals surface area contributed by atoms with Gasteiger partial charge in [0.05, 0.1) is 12.7 Å². The molecule has 0 radical (unpaired) electrons. The lowest BCUT2D eigenvalue weighted by Gasteiger charge is -2.35. The lowest BCUT2D eigenvalue weighted by molar-refractivity contribution is -0.192. The van der Waals surface area contributed by atoms with Gasteiger partial charge in [-0.05, 0) is 18.8 Å². The molecule has 0 saturated carbocycles. The van der Waals surface area contributed by atoms with Crippen LogP contribution in [0, 0.1) is 5.41 Å². The SMILES string of the molecule is CCCCC(C)(C)C(OC[C@H](C)O)C(O)O. The Bertz CT molecular complexity index is 178. The van der Waals surface area contributed by atoms with E-state index in [4.69, 9.17) is 9.84 Å². The number of ether oxygens (including phenoxy) is 1. The molecule has 0 amide bonds. The topological polar surface area (TPSA) is 69.9 Å². The molecule has 2 atom stereocenters. The molecule has 98 valence electrons. The van der Waals surface area contributed by atoms with Gasteiger partial charge in [-0.1, -0.05) is 33.6 Å². The summed E-state index contributed by atoms with van der Waals surface area (Å²) in [6.45, 7) is 7.73. The van der Waals surface area contributed by atoms with Gasteiger partial charge in [0.1, 0.15) is 6.10 Å². The van der Waals surface area contributed by atoms with Gasteiger partial charge in [-0.2, -0.15) is 0 Å². The first-order valence-electron chi connectivity index (χ1n) is 5.97. The molecule has 0 aromatic heterocycles. The molecule has 0 aromatic carbocycles.